The SMILES string of the molecule is CCNC(=O)c1ccc(NC2CCC(C(N)=O)CC2)nn1. The highest BCUT2D eigenvalue weighted by atomic mass is 16.2. The topological polar surface area (TPSA) is 110 Å². The van der Waals surface area contributed by atoms with E-state index in [9.17, 15) is 9.59 Å². The van der Waals surface area contributed by atoms with Crippen LogP contribution >= 0.6 is 0 Å². The van der Waals surface area contributed by atoms with Gasteiger partial charge in [-0.15, -0.1) is 10.2 Å². The quantitative estimate of drug-likeness (QED) is 0.739. The van der Waals surface area contributed by atoms with Crippen LogP contribution in [0.1, 0.15) is 43.1 Å². The van der Waals surface area contributed by atoms with E-state index in [-0.39, 0.29) is 23.8 Å². The van der Waals surface area contributed by atoms with Crippen LogP contribution in [0.4, 0.5) is 5.82 Å². The average molecular weight is 291 g/mol. The van der Waals surface area contributed by atoms with Crippen molar-refractivity contribution in [1.29, 1.82) is 0 Å². The van der Waals surface area contributed by atoms with Crippen LogP contribution in [-0.2, 0) is 4.79 Å². The van der Waals surface area contributed by atoms with Crippen LogP contribution in [0.5, 0.6) is 0 Å². The first kappa shape index (κ1) is 15.2. The minimum atomic E-state index is -0.224. The zero-order valence-electron chi connectivity index (χ0n) is 12.1. The second kappa shape index (κ2) is 7.01. The molecule has 114 valence electrons. The first-order valence-electron chi connectivity index (χ1n) is 7.28. The Balaban J connectivity index is 1.87. The van der Waals surface area contributed by atoms with Gasteiger partial charge in [-0.1, -0.05) is 0 Å². The van der Waals surface area contributed by atoms with Crippen molar-refractivity contribution in [1.82, 2.24) is 15.5 Å². The van der Waals surface area contributed by atoms with Gasteiger partial charge in [0, 0.05) is 18.5 Å². The highest BCUT2D eigenvalue weighted by Gasteiger charge is 2.24. The van der Waals surface area contributed by atoms with Gasteiger partial charge < -0.3 is 16.4 Å². The smallest absolute Gasteiger partial charge is 0.271 e. The third kappa shape index (κ3) is 4.14. The molecule has 1 saturated carbocycles. The molecule has 0 radical (unpaired) electrons. The molecule has 1 heterocycles. The molecule has 0 bridgehead atoms. The van der Waals surface area contributed by atoms with Gasteiger partial charge in [-0.05, 0) is 44.7 Å². The number of carbonyl (C=O) groups excluding carboxylic acids is 2. The minimum absolute atomic E-state index is 0.00532. The maximum atomic E-state index is 11.6. The van der Waals surface area contributed by atoms with Crippen LogP contribution in [0.25, 0.3) is 0 Å². The summed E-state index contributed by atoms with van der Waals surface area (Å²) in [6, 6.07) is 3.66. The number of nitrogens with two attached hydrogens (primary N) is 1. The summed E-state index contributed by atoms with van der Waals surface area (Å²) in [5.41, 5.74) is 5.62. The van der Waals surface area contributed by atoms with E-state index >= 15 is 0 Å². The number of nitrogens with one attached hydrogen (secondary N) is 2. The molecule has 0 spiro atoms. The summed E-state index contributed by atoms with van der Waals surface area (Å²) in [5, 5.41) is 13.9. The lowest BCUT2D eigenvalue weighted by Gasteiger charge is -2.27. The number of aromatic nitrogens is 2. The molecule has 2 amide bonds. The van der Waals surface area contributed by atoms with Crippen molar-refractivity contribution in [3.63, 3.8) is 0 Å². The lowest BCUT2D eigenvalue weighted by molar-refractivity contribution is -0.122. The third-order valence-corrected chi connectivity index (χ3v) is 3.72. The predicted octanol–water partition coefficient (Wildman–Crippen LogP) is 0.682. The van der Waals surface area contributed by atoms with E-state index in [1.165, 1.54) is 0 Å². The zero-order chi connectivity index (χ0) is 15.2. The van der Waals surface area contributed by atoms with Crippen LogP contribution in [-0.4, -0.2) is 34.6 Å². The van der Waals surface area contributed by atoms with Crippen LogP contribution in [0, 0.1) is 5.92 Å². The number of amides is 2. The number of anilines is 1. The fourth-order valence-electron chi connectivity index (χ4n) is 2.51. The van der Waals surface area contributed by atoms with E-state index in [2.05, 4.69) is 20.8 Å². The van der Waals surface area contributed by atoms with Crippen molar-refractivity contribution >= 4 is 17.6 Å². The molecule has 1 aromatic rings. The molecule has 0 unspecified atom stereocenters. The van der Waals surface area contributed by atoms with Crippen LogP contribution in [0.15, 0.2) is 12.1 Å². The first-order chi connectivity index (χ1) is 10.1. The summed E-state index contributed by atoms with van der Waals surface area (Å²) in [6.07, 6.45) is 3.37. The van der Waals surface area contributed by atoms with Crippen molar-refractivity contribution in [3.05, 3.63) is 17.8 Å². The highest BCUT2D eigenvalue weighted by Crippen LogP contribution is 2.25. The van der Waals surface area contributed by atoms with Gasteiger partial charge in [-0.3, -0.25) is 9.59 Å². The predicted molar refractivity (Wildman–Crippen MR) is 78.6 cm³/mol. The van der Waals surface area contributed by atoms with Crippen molar-refractivity contribution < 1.29 is 9.59 Å². The lowest BCUT2D eigenvalue weighted by atomic mass is 9.85. The van der Waals surface area contributed by atoms with Crippen LogP contribution in [0.3, 0.4) is 0 Å². The molecule has 7 heteroatoms. The lowest BCUT2D eigenvalue weighted by Crippen LogP contribution is -2.32. The summed E-state index contributed by atoms with van der Waals surface area (Å²) in [7, 11) is 0. The molecule has 0 saturated heterocycles. The molecular formula is C14H21N5O2. The Kier molecular flexibility index (Phi) is 5.08. The second-order valence-corrected chi connectivity index (χ2v) is 5.26. The number of rotatable bonds is 5. The van der Waals surface area contributed by atoms with Gasteiger partial charge in [0.05, 0.1) is 0 Å². The minimum Gasteiger partial charge on any atom is -0.369 e. The Morgan fingerprint density at radius 3 is 2.48 bits per heavy atom. The summed E-state index contributed by atoms with van der Waals surface area (Å²) in [5.74, 6) is 0.206. The molecule has 1 aliphatic carbocycles. The van der Waals surface area contributed by atoms with Crippen LogP contribution in [0.2, 0.25) is 0 Å². The molecular weight excluding hydrogens is 270 g/mol. The maximum Gasteiger partial charge on any atom is 0.271 e. The van der Waals surface area contributed by atoms with E-state index in [0.717, 1.165) is 25.7 Å². The monoisotopic (exact) mass is 291 g/mol. The Labute approximate surface area is 123 Å². The van der Waals surface area contributed by atoms with Gasteiger partial charge in [0.25, 0.3) is 5.91 Å². The van der Waals surface area contributed by atoms with Crippen molar-refractivity contribution in [2.45, 2.75) is 38.6 Å². The molecule has 1 fully saturated rings. The molecule has 1 aromatic heterocycles. The third-order valence-electron chi connectivity index (χ3n) is 3.72. The fourth-order valence-corrected chi connectivity index (χ4v) is 2.51. The summed E-state index contributed by atoms with van der Waals surface area (Å²) >= 11 is 0. The first-order valence-corrected chi connectivity index (χ1v) is 7.28. The van der Waals surface area contributed by atoms with Crippen molar-refractivity contribution in [2.75, 3.05) is 11.9 Å². The number of nitrogens with zero attached hydrogens (tertiary/aromatic N) is 2. The fraction of sp³-hybridized carbons (Fsp3) is 0.571. The Hall–Kier alpha value is -2.18. The zero-order valence-corrected chi connectivity index (χ0v) is 12.1. The molecule has 21 heavy (non-hydrogen) atoms. The molecule has 0 aliphatic heterocycles. The number of primary amides is 1. The normalized spacial score (nSPS) is 21.6. The van der Waals surface area contributed by atoms with Gasteiger partial charge in [-0.2, -0.15) is 0 Å². The largest absolute Gasteiger partial charge is 0.369 e. The van der Waals surface area contributed by atoms with Crippen molar-refractivity contribution in [2.24, 2.45) is 11.7 Å². The Bertz CT molecular complexity index is 495. The molecule has 4 N–H and O–H groups in total. The molecule has 0 aromatic carbocycles. The number of carbonyl (C=O) groups is 2. The Morgan fingerprint density at radius 2 is 1.95 bits per heavy atom. The Morgan fingerprint density at radius 1 is 1.24 bits per heavy atom. The standard InChI is InChI=1S/C14H21N5O2/c1-2-16-14(21)11-7-8-12(19-18-11)17-10-5-3-9(4-6-10)13(15)20/h7-10H,2-6H2,1H3,(H2,15,20)(H,16,21)(H,17,19). The summed E-state index contributed by atoms with van der Waals surface area (Å²) in [4.78, 5) is 22.7. The highest BCUT2D eigenvalue weighted by molar-refractivity contribution is 5.92. The van der Waals surface area contributed by atoms with Gasteiger partial charge in [-0.25, -0.2) is 0 Å². The van der Waals surface area contributed by atoms with Crippen LogP contribution < -0.4 is 16.4 Å². The van der Waals surface area contributed by atoms with Gasteiger partial charge in [0.2, 0.25) is 5.91 Å². The molecule has 2 rings (SSSR count). The molecule has 7 nitrogen and oxygen atoms in total. The molecule has 0 atom stereocenters. The summed E-state index contributed by atoms with van der Waals surface area (Å²) < 4.78 is 0. The summed E-state index contributed by atoms with van der Waals surface area (Å²) in [6.45, 7) is 2.41. The maximum absolute atomic E-state index is 11.6. The van der Waals surface area contributed by atoms with E-state index in [1.54, 1.807) is 12.1 Å². The number of hydrogen-bond acceptors (Lipinski definition) is 5. The molecule has 1 aliphatic rings. The second-order valence-electron chi connectivity index (χ2n) is 5.26. The number of hydrogen-bond donors (Lipinski definition) is 3. The van der Waals surface area contributed by atoms with Crippen molar-refractivity contribution in [3.8, 4) is 0 Å². The van der Waals surface area contributed by atoms with E-state index < -0.39 is 0 Å². The average Bonchev–Trinajstić information content (AvgIpc) is 2.49. The van der Waals surface area contributed by atoms with Gasteiger partial charge in [0.15, 0.2) is 5.69 Å². The van der Waals surface area contributed by atoms with Gasteiger partial charge >= 0.3 is 0 Å². The van der Waals surface area contributed by atoms with E-state index in [1.807, 2.05) is 6.92 Å². The van der Waals surface area contributed by atoms with E-state index in [4.69, 9.17) is 5.73 Å². The van der Waals surface area contributed by atoms with Gasteiger partial charge in [0.1, 0.15) is 5.82 Å². The van der Waals surface area contributed by atoms with E-state index in [0.29, 0.717) is 18.1 Å².